The fourth-order valence-corrected chi connectivity index (χ4v) is 3.78. The molecule has 10 heteroatoms. The molecule has 0 aliphatic rings. The van der Waals surface area contributed by atoms with E-state index in [1.807, 2.05) is 0 Å². The minimum Gasteiger partial charge on any atom is -0.495 e. The number of nitrogens with one attached hydrogen (secondary N) is 1. The molecule has 0 fully saturated rings. The number of ether oxygens (including phenoxy) is 1. The van der Waals surface area contributed by atoms with Crippen molar-refractivity contribution in [3.63, 3.8) is 0 Å². The second-order valence-electron chi connectivity index (χ2n) is 5.13. The highest BCUT2D eigenvalue weighted by Crippen LogP contribution is 2.30. The van der Waals surface area contributed by atoms with Crippen LogP contribution >= 0.6 is 11.6 Å². The lowest BCUT2D eigenvalue weighted by Gasteiger charge is -2.12. The highest BCUT2D eigenvalue weighted by molar-refractivity contribution is 7.92. The molecular weight excluding hydrogens is 375 g/mol. The maximum atomic E-state index is 14.2. The summed E-state index contributed by atoms with van der Waals surface area (Å²) in [5, 5.41) is 0.175. The summed E-state index contributed by atoms with van der Waals surface area (Å²) in [4.78, 5) is 11.2. The van der Waals surface area contributed by atoms with Crippen LogP contribution in [0.5, 0.6) is 5.75 Å². The quantitative estimate of drug-likeness (QED) is 0.744. The molecule has 1 aromatic heterocycles. The van der Waals surface area contributed by atoms with Gasteiger partial charge in [-0.25, -0.2) is 17.6 Å². The fraction of sp³-hybridized carbons (Fsp3) is 0.133. The maximum Gasteiger partial charge on any atom is 0.419 e. The summed E-state index contributed by atoms with van der Waals surface area (Å²) < 4.78 is 52.6. The molecule has 1 N–H and O–H groups in total. The number of oxazole rings is 1. The van der Waals surface area contributed by atoms with E-state index in [-0.39, 0.29) is 32.5 Å². The van der Waals surface area contributed by atoms with E-state index in [0.29, 0.717) is 0 Å². The first-order chi connectivity index (χ1) is 11.7. The maximum absolute atomic E-state index is 14.2. The minimum atomic E-state index is -4.19. The first-order valence-corrected chi connectivity index (χ1v) is 8.74. The van der Waals surface area contributed by atoms with Crippen LogP contribution in [0.15, 0.2) is 44.4 Å². The predicted molar refractivity (Wildman–Crippen MR) is 90.2 cm³/mol. The van der Waals surface area contributed by atoms with Crippen LogP contribution in [0.2, 0.25) is 5.02 Å². The summed E-state index contributed by atoms with van der Waals surface area (Å²) in [6, 6.07) is 6.14. The molecule has 0 spiro atoms. The standard InChI is InChI=1S/C15H12ClFN2O5S/c1-19-11-7-10(9(17)6-13(11)24-15(19)20)18-25(21,22)14-5-8(16)3-4-12(14)23-2/h3-7,18H,1-2H3. The molecule has 0 aliphatic heterocycles. The van der Waals surface area contributed by atoms with Crippen LogP contribution in [0.25, 0.3) is 11.1 Å². The van der Waals surface area contributed by atoms with E-state index >= 15 is 0 Å². The second-order valence-corrected chi connectivity index (χ2v) is 7.21. The van der Waals surface area contributed by atoms with E-state index < -0.39 is 21.6 Å². The lowest BCUT2D eigenvalue weighted by molar-refractivity contribution is 0.403. The number of nitrogens with zero attached hydrogens (tertiary/aromatic N) is 1. The molecule has 25 heavy (non-hydrogen) atoms. The Balaban J connectivity index is 2.11. The van der Waals surface area contributed by atoms with Crippen molar-refractivity contribution in [1.29, 1.82) is 0 Å². The molecule has 0 radical (unpaired) electrons. The van der Waals surface area contributed by atoms with Gasteiger partial charge in [0.2, 0.25) is 0 Å². The van der Waals surface area contributed by atoms with Gasteiger partial charge in [-0.15, -0.1) is 0 Å². The van der Waals surface area contributed by atoms with Gasteiger partial charge in [-0.2, -0.15) is 0 Å². The Morgan fingerprint density at radius 1 is 1.28 bits per heavy atom. The zero-order valence-corrected chi connectivity index (χ0v) is 14.6. The van der Waals surface area contributed by atoms with Crippen LogP contribution in [0.1, 0.15) is 0 Å². The summed E-state index contributed by atoms with van der Waals surface area (Å²) in [7, 11) is -1.47. The zero-order chi connectivity index (χ0) is 18.4. The van der Waals surface area contributed by atoms with E-state index in [9.17, 15) is 17.6 Å². The first kappa shape index (κ1) is 17.3. The van der Waals surface area contributed by atoms with E-state index in [1.54, 1.807) is 0 Å². The Kier molecular flexibility index (Phi) is 4.21. The number of hydrogen-bond donors (Lipinski definition) is 1. The summed E-state index contributed by atoms with van der Waals surface area (Å²) >= 11 is 5.84. The van der Waals surface area contributed by atoms with Crippen molar-refractivity contribution < 1.29 is 22.0 Å². The third-order valence-corrected chi connectivity index (χ3v) is 5.16. The van der Waals surface area contributed by atoms with Crippen molar-refractivity contribution >= 4 is 38.4 Å². The van der Waals surface area contributed by atoms with Gasteiger partial charge in [0.05, 0.1) is 18.3 Å². The average molecular weight is 387 g/mol. The highest BCUT2D eigenvalue weighted by atomic mass is 35.5. The third-order valence-electron chi connectivity index (χ3n) is 3.54. The number of rotatable bonds is 4. The van der Waals surface area contributed by atoms with Crippen molar-refractivity contribution in [3.8, 4) is 5.75 Å². The molecule has 0 saturated carbocycles. The van der Waals surface area contributed by atoms with Gasteiger partial charge in [-0.05, 0) is 24.3 Å². The van der Waals surface area contributed by atoms with Crippen molar-refractivity contribution in [2.45, 2.75) is 4.90 Å². The summed E-state index contributed by atoms with van der Waals surface area (Å²) in [5.41, 5.74) is -0.0960. The predicted octanol–water partition coefficient (Wildman–Crippen LogP) is 2.73. The molecule has 0 atom stereocenters. The van der Waals surface area contributed by atoms with Gasteiger partial charge in [-0.3, -0.25) is 9.29 Å². The molecular formula is C15H12ClFN2O5S. The zero-order valence-electron chi connectivity index (χ0n) is 13.0. The van der Waals surface area contributed by atoms with E-state index in [0.717, 1.165) is 10.6 Å². The van der Waals surface area contributed by atoms with Gasteiger partial charge < -0.3 is 9.15 Å². The number of hydrogen-bond acceptors (Lipinski definition) is 5. The molecule has 0 bridgehead atoms. The van der Waals surface area contributed by atoms with Crippen molar-refractivity contribution in [2.24, 2.45) is 7.05 Å². The van der Waals surface area contributed by atoms with Crippen molar-refractivity contribution in [2.75, 3.05) is 11.8 Å². The topological polar surface area (TPSA) is 90.5 Å². The molecule has 0 amide bonds. The third kappa shape index (κ3) is 3.08. The average Bonchev–Trinajstić information content (AvgIpc) is 2.82. The normalized spacial score (nSPS) is 11.7. The summed E-state index contributed by atoms with van der Waals surface area (Å²) in [6.07, 6.45) is 0. The monoisotopic (exact) mass is 386 g/mol. The molecule has 7 nitrogen and oxygen atoms in total. The number of aryl methyl sites for hydroxylation is 1. The fourth-order valence-electron chi connectivity index (χ4n) is 2.29. The van der Waals surface area contributed by atoms with Crippen molar-refractivity contribution in [3.05, 3.63) is 51.7 Å². The smallest absolute Gasteiger partial charge is 0.419 e. The number of sulfonamides is 1. The molecule has 0 unspecified atom stereocenters. The van der Waals surface area contributed by atoms with Gasteiger partial charge in [-0.1, -0.05) is 11.6 Å². The lowest BCUT2D eigenvalue weighted by Crippen LogP contribution is -2.15. The Morgan fingerprint density at radius 2 is 2.00 bits per heavy atom. The van der Waals surface area contributed by atoms with E-state index in [1.165, 1.54) is 38.4 Å². The largest absolute Gasteiger partial charge is 0.495 e. The van der Waals surface area contributed by atoms with Crippen molar-refractivity contribution in [1.82, 2.24) is 4.57 Å². The molecule has 1 heterocycles. The molecule has 132 valence electrons. The number of methoxy groups -OCH3 is 1. The highest BCUT2D eigenvalue weighted by Gasteiger charge is 2.22. The van der Waals surface area contributed by atoms with Crippen LogP contribution in [-0.4, -0.2) is 20.1 Å². The molecule has 2 aromatic carbocycles. The number of fused-ring (bicyclic) bond motifs is 1. The number of anilines is 1. The Bertz CT molecular complexity index is 1140. The number of halogens is 2. The van der Waals surface area contributed by atoms with Crippen LogP contribution < -0.4 is 15.2 Å². The SMILES string of the molecule is COc1ccc(Cl)cc1S(=O)(=O)Nc1cc2c(cc1F)oc(=O)n2C. The lowest BCUT2D eigenvalue weighted by atomic mass is 10.3. The molecule has 3 aromatic rings. The first-order valence-electron chi connectivity index (χ1n) is 6.88. The second kappa shape index (κ2) is 6.08. The van der Waals surface area contributed by atoms with Crippen LogP contribution in [-0.2, 0) is 17.1 Å². The Morgan fingerprint density at radius 3 is 2.68 bits per heavy atom. The summed E-state index contributed by atoms with van der Waals surface area (Å²) in [5.74, 6) is -1.54. The van der Waals surface area contributed by atoms with Gasteiger partial charge in [0, 0.05) is 18.1 Å². The molecule has 3 rings (SSSR count). The number of benzene rings is 2. The van der Waals surface area contributed by atoms with Gasteiger partial charge >= 0.3 is 5.76 Å². The van der Waals surface area contributed by atoms with Gasteiger partial charge in [0.25, 0.3) is 10.0 Å². The van der Waals surface area contributed by atoms with Crippen LogP contribution in [0, 0.1) is 5.82 Å². The molecule has 0 saturated heterocycles. The summed E-state index contributed by atoms with van der Waals surface area (Å²) in [6.45, 7) is 0. The van der Waals surface area contributed by atoms with E-state index in [2.05, 4.69) is 4.72 Å². The minimum absolute atomic E-state index is 0.00767. The molecule has 0 aliphatic carbocycles. The van der Waals surface area contributed by atoms with Crippen LogP contribution in [0.3, 0.4) is 0 Å². The van der Waals surface area contributed by atoms with E-state index in [4.69, 9.17) is 20.8 Å². The Labute approximate surface area is 146 Å². The van der Waals surface area contributed by atoms with Crippen LogP contribution in [0.4, 0.5) is 10.1 Å². The van der Waals surface area contributed by atoms with Gasteiger partial charge in [0.15, 0.2) is 11.4 Å². The van der Waals surface area contributed by atoms with Gasteiger partial charge in [0.1, 0.15) is 10.6 Å². The Hall–Kier alpha value is -2.52. The number of aromatic nitrogens is 1.